The molecule has 1 aromatic carbocycles. The quantitative estimate of drug-likeness (QED) is 0.764. The summed E-state index contributed by atoms with van der Waals surface area (Å²) in [6, 6.07) is 9.77. The first-order chi connectivity index (χ1) is 8.79. The van der Waals surface area contributed by atoms with Crippen LogP contribution in [0.1, 0.15) is 5.56 Å². The molecule has 1 amide bonds. The van der Waals surface area contributed by atoms with Gasteiger partial charge in [0.1, 0.15) is 6.61 Å². The molecule has 0 bridgehead atoms. The summed E-state index contributed by atoms with van der Waals surface area (Å²) >= 11 is 0. The molecule has 1 aliphatic carbocycles. The molecule has 0 spiro atoms. The van der Waals surface area contributed by atoms with Gasteiger partial charge in [-0.1, -0.05) is 36.4 Å². The normalized spacial score (nSPS) is 28.7. The summed E-state index contributed by atoms with van der Waals surface area (Å²) in [5.74, 6) is 1.89. The van der Waals surface area contributed by atoms with Crippen LogP contribution in [0.4, 0.5) is 4.79 Å². The van der Waals surface area contributed by atoms with Crippen LogP contribution in [0.2, 0.25) is 0 Å². The van der Waals surface area contributed by atoms with Crippen molar-refractivity contribution in [3.8, 4) is 0 Å². The second-order valence-corrected chi connectivity index (χ2v) is 5.09. The lowest BCUT2D eigenvalue weighted by atomic mass is 10.2. The Morgan fingerprint density at radius 1 is 1.33 bits per heavy atom. The van der Waals surface area contributed by atoms with Gasteiger partial charge in [-0.2, -0.15) is 0 Å². The van der Waals surface area contributed by atoms with Gasteiger partial charge in [-0.3, -0.25) is 0 Å². The molecule has 1 aliphatic heterocycles. The van der Waals surface area contributed by atoms with E-state index in [0.717, 1.165) is 18.7 Å². The first-order valence-electron chi connectivity index (χ1n) is 6.38. The Balaban J connectivity index is 1.48. The highest BCUT2D eigenvalue weighted by molar-refractivity contribution is 5.68. The molecule has 0 aromatic heterocycles. The van der Waals surface area contributed by atoms with Crippen LogP contribution in [0.15, 0.2) is 43.0 Å². The third-order valence-electron chi connectivity index (χ3n) is 4.00. The van der Waals surface area contributed by atoms with Gasteiger partial charge in [-0.05, 0) is 23.3 Å². The number of carbonyl (C=O) groups excluding carboxylic acids is 1. The van der Waals surface area contributed by atoms with Crippen LogP contribution in [-0.2, 0) is 11.3 Å². The molecule has 18 heavy (non-hydrogen) atoms. The number of carbonyl (C=O) groups is 1. The van der Waals surface area contributed by atoms with Crippen molar-refractivity contribution < 1.29 is 9.53 Å². The molecule has 0 radical (unpaired) electrons. The molecule has 1 saturated carbocycles. The predicted molar refractivity (Wildman–Crippen MR) is 68.9 cm³/mol. The van der Waals surface area contributed by atoms with E-state index in [0.29, 0.717) is 24.4 Å². The van der Waals surface area contributed by atoms with Crippen LogP contribution in [0.5, 0.6) is 0 Å². The fourth-order valence-electron chi connectivity index (χ4n) is 2.88. The van der Waals surface area contributed by atoms with Gasteiger partial charge in [0.25, 0.3) is 0 Å². The van der Waals surface area contributed by atoms with E-state index < -0.39 is 0 Å². The van der Waals surface area contributed by atoms with E-state index in [1.165, 1.54) is 0 Å². The molecule has 1 heterocycles. The standard InChI is InChI=1S/C15H17NO2/c1-2-12-13-8-16(9-14(12)13)15(17)18-10-11-6-4-3-5-7-11/h2-7,12-14H,1,8-10H2/t12-,13+,14-. The molecule has 1 saturated heterocycles. The number of allylic oxidation sites excluding steroid dienone is 1. The van der Waals surface area contributed by atoms with E-state index in [2.05, 4.69) is 6.58 Å². The zero-order chi connectivity index (χ0) is 12.5. The Morgan fingerprint density at radius 3 is 2.61 bits per heavy atom. The summed E-state index contributed by atoms with van der Waals surface area (Å²) in [6.45, 7) is 5.83. The SMILES string of the molecule is C=C[C@H]1[C@H]2CN(C(=O)OCc3ccccc3)C[C@@H]12. The number of amides is 1. The smallest absolute Gasteiger partial charge is 0.410 e. The number of hydrogen-bond donors (Lipinski definition) is 0. The van der Waals surface area contributed by atoms with Crippen LogP contribution in [0.3, 0.4) is 0 Å². The molecule has 3 rings (SSSR count). The van der Waals surface area contributed by atoms with E-state index in [-0.39, 0.29) is 6.09 Å². The van der Waals surface area contributed by atoms with Crippen molar-refractivity contribution in [2.45, 2.75) is 6.61 Å². The second kappa shape index (κ2) is 4.48. The highest BCUT2D eigenvalue weighted by atomic mass is 16.6. The van der Waals surface area contributed by atoms with Crippen molar-refractivity contribution in [1.29, 1.82) is 0 Å². The molecule has 1 aromatic rings. The first-order valence-corrected chi connectivity index (χ1v) is 6.38. The van der Waals surface area contributed by atoms with Crippen LogP contribution in [0, 0.1) is 17.8 Å². The fourth-order valence-corrected chi connectivity index (χ4v) is 2.88. The number of likely N-dealkylation sites (tertiary alicyclic amines) is 1. The average Bonchev–Trinajstić information content (AvgIpc) is 2.88. The predicted octanol–water partition coefficient (Wildman–Crippen LogP) is 2.69. The molecule has 3 nitrogen and oxygen atoms in total. The minimum Gasteiger partial charge on any atom is -0.445 e. The van der Waals surface area contributed by atoms with Crippen molar-refractivity contribution in [2.24, 2.45) is 17.8 Å². The van der Waals surface area contributed by atoms with Gasteiger partial charge in [0.15, 0.2) is 0 Å². The van der Waals surface area contributed by atoms with Gasteiger partial charge in [0, 0.05) is 13.1 Å². The van der Waals surface area contributed by atoms with Crippen LogP contribution in [0.25, 0.3) is 0 Å². The summed E-state index contributed by atoms with van der Waals surface area (Å²) in [6.07, 6.45) is 1.83. The van der Waals surface area contributed by atoms with Gasteiger partial charge in [-0.25, -0.2) is 4.79 Å². The van der Waals surface area contributed by atoms with Crippen molar-refractivity contribution in [3.05, 3.63) is 48.6 Å². The maximum Gasteiger partial charge on any atom is 0.410 e. The molecule has 3 heteroatoms. The number of ether oxygens (including phenoxy) is 1. The van der Waals surface area contributed by atoms with Crippen LogP contribution < -0.4 is 0 Å². The Morgan fingerprint density at radius 2 is 2.00 bits per heavy atom. The van der Waals surface area contributed by atoms with E-state index >= 15 is 0 Å². The molecule has 0 unspecified atom stereocenters. The van der Waals surface area contributed by atoms with E-state index in [9.17, 15) is 4.79 Å². The lowest BCUT2D eigenvalue weighted by Gasteiger charge is -2.18. The minimum absolute atomic E-state index is 0.186. The average molecular weight is 243 g/mol. The van der Waals surface area contributed by atoms with Gasteiger partial charge in [-0.15, -0.1) is 6.58 Å². The maximum absolute atomic E-state index is 11.9. The van der Waals surface area contributed by atoms with E-state index in [1.54, 1.807) is 0 Å². The third-order valence-corrected chi connectivity index (χ3v) is 4.00. The third kappa shape index (κ3) is 2.01. The topological polar surface area (TPSA) is 29.5 Å². The second-order valence-electron chi connectivity index (χ2n) is 5.09. The molecule has 3 atom stereocenters. The molecule has 0 N–H and O–H groups in total. The number of piperidine rings is 1. The summed E-state index contributed by atoms with van der Waals surface area (Å²) < 4.78 is 5.31. The number of benzene rings is 1. The Labute approximate surface area is 107 Å². The monoisotopic (exact) mass is 243 g/mol. The summed E-state index contributed by atoms with van der Waals surface area (Å²) in [5.41, 5.74) is 1.03. The first kappa shape index (κ1) is 11.3. The van der Waals surface area contributed by atoms with Crippen LogP contribution in [-0.4, -0.2) is 24.1 Å². The Bertz CT molecular complexity index is 445. The highest BCUT2D eigenvalue weighted by Crippen LogP contribution is 2.52. The van der Waals surface area contributed by atoms with Crippen molar-refractivity contribution >= 4 is 6.09 Å². The minimum atomic E-state index is -0.186. The molecule has 2 aliphatic rings. The largest absolute Gasteiger partial charge is 0.445 e. The Kier molecular flexibility index (Phi) is 2.82. The zero-order valence-corrected chi connectivity index (χ0v) is 10.3. The lowest BCUT2D eigenvalue weighted by Crippen LogP contribution is -2.31. The van der Waals surface area contributed by atoms with E-state index in [1.807, 2.05) is 41.3 Å². The number of nitrogens with zero attached hydrogens (tertiary/aromatic N) is 1. The summed E-state index contributed by atoms with van der Waals surface area (Å²) in [7, 11) is 0. The van der Waals surface area contributed by atoms with Gasteiger partial charge in [0.05, 0.1) is 0 Å². The van der Waals surface area contributed by atoms with Crippen molar-refractivity contribution in [2.75, 3.05) is 13.1 Å². The van der Waals surface area contributed by atoms with Crippen LogP contribution >= 0.6 is 0 Å². The molecular weight excluding hydrogens is 226 g/mol. The number of rotatable bonds is 3. The zero-order valence-electron chi connectivity index (χ0n) is 10.3. The van der Waals surface area contributed by atoms with Crippen molar-refractivity contribution in [3.63, 3.8) is 0 Å². The fraction of sp³-hybridized carbons (Fsp3) is 0.400. The maximum atomic E-state index is 11.9. The van der Waals surface area contributed by atoms with Gasteiger partial charge in [0.2, 0.25) is 0 Å². The molecular formula is C15H17NO2. The molecule has 94 valence electrons. The highest BCUT2D eigenvalue weighted by Gasteiger charge is 2.55. The lowest BCUT2D eigenvalue weighted by molar-refractivity contribution is 0.0994. The Hall–Kier alpha value is -1.77. The summed E-state index contributed by atoms with van der Waals surface area (Å²) in [4.78, 5) is 13.7. The van der Waals surface area contributed by atoms with Gasteiger partial charge < -0.3 is 9.64 Å². The number of fused-ring (bicyclic) bond motifs is 1. The van der Waals surface area contributed by atoms with Crippen molar-refractivity contribution in [1.82, 2.24) is 4.90 Å². The van der Waals surface area contributed by atoms with E-state index in [4.69, 9.17) is 4.74 Å². The summed E-state index contributed by atoms with van der Waals surface area (Å²) in [5, 5.41) is 0. The number of hydrogen-bond acceptors (Lipinski definition) is 2. The molecule has 2 fully saturated rings. The van der Waals surface area contributed by atoms with Gasteiger partial charge >= 0.3 is 6.09 Å².